The van der Waals surface area contributed by atoms with Crippen molar-refractivity contribution in [3.8, 4) is 0 Å². The highest BCUT2D eigenvalue weighted by atomic mass is 35.5. The van der Waals surface area contributed by atoms with Gasteiger partial charge in [0.15, 0.2) is 4.47 Å². The molecule has 0 spiro atoms. The van der Waals surface area contributed by atoms with Crippen LogP contribution in [-0.4, -0.2) is 16.1 Å². The predicted molar refractivity (Wildman–Crippen MR) is 55.3 cm³/mol. The first-order valence-electron chi connectivity index (χ1n) is 4.58. The molecule has 3 nitrogen and oxygen atoms in total. The van der Waals surface area contributed by atoms with Gasteiger partial charge in [0.05, 0.1) is 5.69 Å². The maximum Gasteiger partial charge on any atom is 0.347 e. The van der Waals surface area contributed by atoms with E-state index in [1.54, 1.807) is 0 Å². The molecular weight excluding hydrogens is 222 g/mol. The third-order valence-corrected chi connectivity index (χ3v) is 3.73. The zero-order chi connectivity index (χ0) is 10.1. The van der Waals surface area contributed by atoms with Gasteiger partial charge in [-0.05, 0) is 12.8 Å². The van der Waals surface area contributed by atoms with Gasteiger partial charge in [-0.2, -0.15) is 0 Å². The van der Waals surface area contributed by atoms with Crippen molar-refractivity contribution in [3.63, 3.8) is 0 Å². The number of thiazole rings is 1. The molecule has 76 valence electrons. The van der Waals surface area contributed by atoms with Gasteiger partial charge in [0.1, 0.15) is 4.88 Å². The summed E-state index contributed by atoms with van der Waals surface area (Å²) >= 11 is 6.80. The fourth-order valence-electron chi connectivity index (χ4n) is 1.93. The summed E-state index contributed by atoms with van der Waals surface area (Å²) in [6, 6.07) is 0. The first-order valence-corrected chi connectivity index (χ1v) is 5.77. The standard InChI is InChI=1S/C9H10ClNO2S/c10-9-11-6(5-3-1-2-4-5)7(14-9)8(12)13/h5H,1-4H2,(H,12,13). The molecule has 1 fully saturated rings. The lowest BCUT2D eigenvalue weighted by molar-refractivity contribution is 0.0700. The van der Waals surface area contributed by atoms with Gasteiger partial charge in [-0.1, -0.05) is 35.8 Å². The van der Waals surface area contributed by atoms with E-state index in [2.05, 4.69) is 4.98 Å². The Bertz CT molecular complexity index is 358. The molecule has 0 unspecified atom stereocenters. The summed E-state index contributed by atoms with van der Waals surface area (Å²) in [7, 11) is 0. The average Bonchev–Trinajstić information content (AvgIpc) is 2.70. The lowest BCUT2D eigenvalue weighted by Gasteiger charge is -2.05. The zero-order valence-corrected chi connectivity index (χ0v) is 9.07. The van der Waals surface area contributed by atoms with Gasteiger partial charge >= 0.3 is 5.97 Å². The molecule has 1 aromatic rings. The summed E-state index contributed by atoms with van der Waals surface area (Å²) in [6.07, 6.45) is 4.42. The molecule has 0 radical (unpaired) electrons. The Hall–Kier alpha value is -0.610. The van der Waals surface area contributed by atoms with Crippen LogP contribution in [0.1, 0.15) is 47.0 Å². The summed E-state index contributed by atoms with van der Waals surface area (Å²) in [5.74, 6) is -0.596. The Kier molecular flexibility index (Phi) is 2.74. The number of aromatic nitrogens is 1. The molecule has 1 heterocycles. The Labute approximate surface area is 90.7 Å². The predicted octanol–water partition coefficient (Wildman–Crippen LogP) is 3.15. The van der Waals surface area contributed by atoms with Crippen molar-refractivity contribution in [1.82, 2.24) is 4.98 Å². The molecule has 0 amide bonds. The van der Waals surface area contributed by atoms with E-state index < -0.39 is 5.97 Å². The summed E-state index contributed by atoms with van der Waals surface area (Å²) in [5.41, 5.74) is 0.699. The quantitative estimate of drug-likeness (QED) is 0.851. The van der Waals surface area contributed by atoms with Crippen molar-refractivity contribution in [1.29, 1.82) is 0 Å². The smallest absolute Gasteiger partial charge is 0.347 e. The maximum atomic E-state index is 10.9. The SMILES string of the molecule is O=C(O)c1sc(Cl)nc1C1CCCC1. The fourth-order valence-corrected chi connectivity index (χ4v) is 2.97. The maximum absolute atomic E-state index is 10.9. The number of carbonyl (C=O) groups is 1. The third-order valence-electron chi connectivity index (χ3n) is 2.56. The van der Waals surface area contributed by atoms with E-state index >= 15 is 0 Å². The van der Waals surface area contributed by atoms with Crippen LogP contribution in [0.5, 0.6) is 0 Å². The summed E-state index contributed by atoms with van der Waals surface area (Å²) < 4.78 is 0.337. The van der Waals surface area contributed by atoms with Gasteiger partial charge in [-0.3, -0.25) is 0 Å². The monoisotopic (exact) mass is 231 g/mol. The molecule has 5 heteroatoms. The van der Waals surface area contributed by atoms with Crippen LogP contribution >= 0.6 is 22.9 Å². The molecular formula is C9H10ClNO2S. The van der Waals surface area contributed by atoms with Crippen LogP contribution < -0.4 is 0 Å². The molecule has 1 aliphatic carbocycles. The second kappa shape index (κ2) is 3.87. The number of hydrogen-bond acceptors (Lipinski definition) is 3. The number of hydrogen-bond donors (Lipinski definition) is 1. The van der Waals surface area contributed by atoms with Crippen LogP contribution in [0.4, 0.5) is 0 Å². The topological polar surface area (TPSA) is 50.2 Å². The van der Waals surface area contributed by atoms with E-state index in [4.69, 9.17) is 16.7 Å². The van der Waals surface area contributed by atoms with E-state index in [0.717, 1.165) is 24.2 Å². The Morgan fingerprint density at radius 1 is 1.50 bits per heavy atom. The van der Waals surface area contributed by atoms with E-state index in [0.29, 0.717) is 21.0 Å². The largest absolute Gasteiger partial charge is 0.477 e. The highest BCUT2D eigenvalue weighted by Gasteiger charge is 2.26. The average molecular weight is 232 g/mol. The zero-order valence-electron chi connectivity index (χ0n) is 7.49. The lowest BCUT2D eigenvalue weighted by Crippen LogP contribution is -2.02. The van der Waals surface area contributed by atoms with Gasteiger partial charge in [0, 0.05) is 5.92 Å². The summed E-state index contributed by atoms with van der Waals surface area (Å²) in [6.45, 7) is 0. The van der Waals surface area contributed by atoms with Crippen LogP contribution in [0, 0.1) is 0 Å². The molecule has 0 atom stereocenters. The molecule has 2 rings (SSSR count). The minimum Gasteiger partial charge on any atom is -0.477 e. The Morgan fingerprint density at radius 2 is 2.14 bits per heavy atom. The highest BCUT2D eigenvalue weighted by molar-refractivity contribution is 7.17. The molecule has 0 aromatic carbocycles. The van der Waals surface area contributed by atoms with Crippen LogP contribution in [0.2, 0.25) is 4.47 Å². The van der Waals surface area contributed by atoms with Gasteiger partial charge in [-0.25, -0.2) is 9.78 Å². The molecule has 1 aromatic heterocycles. The summed E-state index contributed by atoms with van der Waals surface area (Å²) in [5, 5.41) is 8.95. The molecule has 1 N–H and O–H groups in total. The van der Waals surface area contributed by atoms with Crippen LogP contribution in [0.15, 0.2) is 0 Å². The van der Waals surface area contributed by atoms with Crippen LogP contribution in [0.25, 0.3) is 0 Å². The van der Waals surface area contributed by atoms with Gasteiger partial charge in [0.2, 0.25) is 0 Å². The second-order valence-electron chi connectivity index (χ2n) is 3.47. The van der Waals surface area contributed by atoms with Gasteiger partial charge in [0.25, 0.3) is 0 Å². The number of rotatable bonds is 2. The number of nitrogens with zero attached hydrogens (tertiary/aromatic N) is 1. The van der Waals surface area contributed by atoms with Crippen molar-refractivity contribution in [2.75, 3.05) is 0 Å². The second-order valence-corrected chi connectivity index (χ2v) is 5.05. The first-order chi connectivity index (χ1) is 6.68. The third kappa shape index (κ3) is 1.77. The minimum absolute atomic E-state index is 0.310. The van der Waals surface area contributed by atoms with Crippen LogP contribution in [0.3, 0.4) is 0 Å². The molecule has 1 aliphatic rings. The minimum atomic E-state index is -0.906. The van der Waals surface area contributed by atoms with Crippen molar-refractivity contribution < 1.29 is 9.90 Å². The van der Waals surface area contributed by atoms with Crippen LogP contribution in [-0.2, 0) is 0 Å². The first kappa shape index (κ1) is 9.93. The highest BCUT2D eigenvalue weighted by Crippen LogP contribution is 2.38. The van der Waals surface area contributed by atoms with Crippen molar-refractivity contribution in [2.45, 2.75) is 31.6 Å². The van der Waals surface area contributed by atoms with E-state index in [9.17, 15) is 4.79 Å². The van der Waals surface area contributed by atoms with E-state index in [1.807, 2.05) is 0 Å². The fraction of sp³-hybridized carbons (Fsp3) is 0.556. The number of halogens is 1. The van der Waals surface area contributed by atoms with E-state index in [1.165, 1.54) is 12.8 Å². The normalized spacial score (nSPS) is 17.5. The molecule has 0 bridgehead atoms. The molecule has 14 heavy (non-hydrogen) atoms. The number of aromatic carboxylic acids is 1. The van der Waals surface area contributed by atoms with Gasteiger partial charge in [-0.15, -0.1) is 0 Å². The van der Waals surface area contributed by atoms with Gasteiger partial charge < -0.3 is 5.11 Å². The Balaban J connectivity index is 2.35. The van der Waals surface area contributed by atoms with E-state index in [-0.39, 0.29) is 0 Å². The Morgan fingerprint density at radius 3 is 2.71 bits per heavy atom. The summed E-state index contributed by atoms with van der Waals surface area (Å²) in [4.78, 5) is 15.3. The molecule has 0 aliphatic heterocycles. The molecule has 0 saturated heterocycles. The number of carboxylic acids is 1. The molecule has 1 saturated carbocycles. The number of carboxylic acid groups (broad SMARTS) is 1. The lowest BCUT2D eigenvalue weighted by atomic mass is 10.0. The van der Waals surface area contributed by atoms with Crippen molar-refractivity contribution in [2.24, 2.45) is 0 Å². The van der Waals surface area contributed by atoms with Crippen molar-refractivity contribution in [3.05, 3.63) is 15.0 Å². The van der Waals surface area contributed by atoms with Crippen molar-refractivity contribution >= 4 is 28.9 Å².